The third-order valence-electron chi connectivity index (χ3n) is 9.12. The standard InChI is InChI=1S/C36H45N5O3/c1-3-38-24-28-19-20-29-21-22-31(35(43)39-32(26-15-9-5-10-16-26)27-17-11-6-12-18-27)41(29)36(44)33(28)40-34(42)30(37-2)23-25-13-7-4-8-14-25/h4-18,28-33,37-38H,3,19-24H2,1-2H3,(H,39,43)(H,40,42)/t28-,29+,30-,31+,33+/m1/s1. The zero-order valence-electron chi connectivity index (χ0n) is 25.7. The van der Waals surface area contributed by atoms with Crippen molar-refractivity contribution in [2.75, 3.05) is 20.1 Å². The second-order valence-corrected chi connectivity index (χ2v) is 11.9. The highest BCUT2D eigenvalue weighted by Gasteiger charge is 2.48. The Morgan fingerprint density at radius 3 is 2.02 bits per heavy atom. The van der Waals surface area contributed by atoms with Gasteiger partial charge in [0.1, 0.15) is 12.1 Å². The van der Waals surface area contributed by atoms with Gasteiger partial charge in [0.05, 0.1) is 12.1 Å². The molecule has 44 heavy (non-hydrogen) atoms. The number of rotatable bonds is 12. The Morgan fingerprint density at radius 1 is 0.841 bits per heavy atom. The summed E-state index contributed by atoms with van der Waals surface area (Å²) in [7, 11) is 1.77. The van der Waals surface area contributed by atoms with E-state index in [-0.39, 0.29) is 35.7 Å². The van der Waals surface area contributed by atoms with Gasteiger partial charge in [-0.1, -0.05) is 97.9 Å². The summed E-state index contributed by atoms with van der Waals surface area (Å²) in [5.41, 5.74) is 3.01. The Morgan fingerprint density at radius 2 is 1.43 bits per heavy atom. The minimum Gasteiger partial charge on any atom is -0.343 e. The minimum atomic E-state index is -0.717. The lowest BCUT2D eigenvalue weighted by atomic mass is 9.92. The molecule has 0 saturated carbocycles. The number of carbonyl (C=O) groups is 3. The van der Waals surface area contributed by atoms with E-state index < -0.39 is 18.1 Å². The fraction of sp³-hybridized carbons (Fsp3) is 0.417. The van der Waals surface area contributed by atoms with Crippen LogP contribution < -0.4 is 21.3 Å². The van der Waals surface area contributed by atoms with Gasteiger partial charge >= 0.3 is 0 Å². The van der Waals surface area contributed by atoms with Crippen molar-refractivity contribution in [2.45, 2.75) is 69.2 Å². The van der Waals surface area contributed by atoms with Crippen LogP contribution in [0.5, 0.6) is 0 Å². The molecule has 0 aliphatic carbocycles. The van der Waals surface area contributed by atoms with E-state index in [0.29, 0.717) is 19.4 Å². The molecule has 2 saturated heterocycles. The van der Waals surface area contributed by atoms with E-state index >= 15 is 0 Å². The number of nitrogens with one attached hydrogen (secondary N) is 4. The van der Waals surface area contributed by atoms with Crippen LogP contribution in [-0.2, 0) is 20.8 Å². The molecule has 3 amide bonds. The Hall–Kier alpha value is -4.01. The van der Waals surface area contributed by atoms with E-state index in [9.17, 15) is 14.4 Å². The van der Waals surface area contributed by atoms with Crippen LogP contribution in [0.3, 0.4) is 0 Å². The van der Waals surface area contributed by atoms with E-state index in [1.54, 1.807) is 11.9 Å². The number of hydrogen-bond donors (Lipinski definition) is 4. The smallest absolute Gasteiger partial charge is 0.246 e. The molecule has 232 valence electrons. The van der Waals surface area contributed by atoms with Gasteiger partial charge in [-0.05, 0) is 62.4 Å². The third-order valence-corrected chi connectivity index (χ3v) is 9.12. The van der Waals surface area contributed by atoms with Gasteiger partial charge in [-0.15, -0.1) is 0 Å². The molecule has 3 aromatic rings. The summed E-state index contributed by atoms with van der Waals surface area (Å²) in [6.45, 7) is 3.44. The summed E-state index contributed by atoms with van der Waals surface area (Å²) in [6.07, 6.45) is 3.48. The van der Waals surface area contributed by atoms with Crippen molar-refractivity contribution in [3.63, 3.8) is 0 Å². The molecule has 5 atom stereocenters. The number of likely N-dealkylation sites (N-methyl/N-ethyl adjacent to an activating group) is 1. The van der Waals surface area contributed by atoms with Crippen molar-refractivity contribution in [1.29, 1.82) is 0 Å². The summed E-state index contributed by atoms with van der Waals surface area (Å²) < 4.78 is 0. The van der Waals surface area contributed by atoms with E-state index in [1.165, 1.54) is 0 Å². The molecule has 3 aromatic carbocycles. The highest BCUT2D eigenvalue weighted by atomic mass is 16.2. The Bertz CT molecular complexity index is 1330. The Labute approximate surface area is 261 Å². The third kappa shape index (κ3) is 7.37. The summed E-state index contributed by atoms with van der Waals surface area (Å²) in [5, 5.41) is 13.0. The topological polar surface area (TPSA) is 103 Å². The zero-order valence-corrected chi connectivity index (χ0v) is 25.7. The molecule has 8 heteroatoms. The molecule has 0 spiro atoms. The quantitative estimate of drug-likeness (QED) is 0.256. The van der Waals surface area contributed by atoms with Gasteiger partial charge in [-0.2, -0.15) is 0 Å². The van der Waals surface area contributed by atoms with Crippen LogP contribution in [0.1, 0.15) is 55.3 Å². The summed E-state index contributed by atoms with van der Waals surface area (Å²) in [4.78, 5) is 43.9. The number of hydrogen-bond acceptors (Lipinski definition) is 5. The van der Waals surface area contributed by atoms with E-state index in [0.717, 1.165) is 42.5 Å². The molecule has 8 nitrogen and oxygen atoms in total. The number of nitrogens with zero attached hydrogens (tertiary/aromatic N) is 1. The summed E-state index contributed by atoms with van der Waals surface area (Å²) in [5.74, 6) is -0.600. The average Bonchev–Trinajstić information content (AvgIpc) is 3.45. The van der Waals surface area contributed by atoms with Crippen molar-refractivity contribution in [3.05, 3.63) is 108 Å². The number of amides is 3. The molecule has 0 bridgehead atoms. The van der Waals surface area contributed by atoms with Crippen molar-refractivity contribution in [2.24, 2.45) is 5.92 Å². The lowest BCUT2D eigenvalue weighted by Crippen LogP contribution is -2.59. The van der Waals surface area contributed by atoms with Crippen molar-refractivity contribution in [3.8, 4) is 0 Å². The van der Waals surface area contributed by atoms with Crippen LogP contribution in [0.25, 0.3) is 0 Å². The monoisotopic (exact) mass is 595 g/mol. The fourth-order valence-electron chi connectivity index (χ4n) is 6.74. The summed E-state index contributed by atoms with van der Waals surface area (Å²) >= 11 is 0. The molecular formula is C36H45N5O3. The van der Waals surface area contributed by atoms with Crippen LogP contribution in [0.2, 0.25) is 0 Å². The zero-order chi connectivity index (χ0) is 30.9. The molecule has 0 radical (unpaired) electrons. The maximum absolute atomic E-state index is 14.4. The van der Waals surface area contributed by atoms with Crippen molar-refractivity contribution in [1.82, 2.24) is 26.2 Å². The van der Waals surface area contributed by atoms with E-state index in [1.807, 2.05) is 97.9 Å². The second-order valence-electron chi connectivity index (χ2n) is 11.9. The van der Waals surface area contributed by atoms with Gasteiger partial charge < -0.3 is 26.2 Å². The Balaban J connectivity index is 1.37. The minimum absolute atomic E-state index is 0.0272. The second kappa shape index (κ2) is 15.1. The molecule has 0 aromatic heterocycles. The number of fused-ring (bicyclic) bond motifs is 1. The lowest BCUT2D eigenvalue weighted by Gasteiger charge is -2.33. The van der Waals surface area contributed by atoms with Crippen LogP contribution in [0.4, 0.5) is 0 Å². The predicted molar refractivity (Wildman–Crippen MR) is 173 cm³/mol. The van der Waals surface area contributed by atoms with Gasteiger partial charge in [0.25, 0.3) is 0 Å². The van der Waals surface area contributed by atoms with Crippen LogP contribution in [0, 0.1) is 5.92 Å². The molecule has 2 aliphatic rings. The van der Waals surface area contributed by atoms with Gasteiger partial charge in [0.15, 0.2) is 0 Å². The summed E-state index contributed by atoms with van der Waals surface area (Å²) in [6, 6.07) is 27.5. The lowest BCUT2D eigenvalue weighted by molar-refractivity contribution is -0.143. The van der Waals surface area contributed by atoms with Crippen LogP contribution in [-0.4, -0.2) is 66.9 Å². The first-order chi connectivity index (χ1) is 21.5. The molecule has 2 aliphatic heterocycles. The number of carbonyl (C=O) groups excluding carboxylic acids is 3. The van der Waals surface area contributed by atoms with Crippen molar-refractivity contribution < 1.29 is 14.4 Å². The molecule has 5 rings (SSSR count). The van der Waals surface area contributed by atoms with Gasteiger partial charge in [0.2, 0.25) is 17.7 Å². The molecule has 2 heterocycles. The van der Waals surface area contributed by atoms with Crippen LogP contribution in [0.15, 0.2) is 91.0 Å². The van der Waals surface area contributed by atoms with Gasteiger partial charge in [0, 0.05) is 18.5 Å². The average molecular weight is 596 g/mol. The highest BCUT2D eigenvalue weighted by molar-refractivity contribution is 5.94. The fourth-order valence-corrected chi connectivity index (χ4v) is 6.74. The maximum Gasteiger partial charge on any atom is 0.246 e. The molecule has 4 N–H and O–H groups in total. The molecule has 2 fully saturated rings. The largest absolute Gasteiger partial charge is 0.343 e. The van der Waals surface area contributed by atoms with E-state index in [2.05, 4.69) is 21.3 Å². The first kappa shape index (κ1) is 31.4. The predicted octanol–water partition coefficient (Wildman–Crippen LogP) is 3.59. The normalized spacial score (nSPS) is 22.2. The maximum atomic E-state index is 14.4. The SMILES string of the molecule is CCNC[C@H]1CC[C@H]2CC[C@@H](C(=O)NC(c3ccccc3)c3ccccc3)N2C(=O)[C@H]1NC(=O)[C@@H](Cc1ccccc1)NC. The Kier molecular flexibility index (Phi) is 10.8. The number of benzene rings is 3. The van der Waals surface area contributed by atoms with E-state index in [4.69, 9.17) is 0 Å². The molecule has 0 unspecified atom stereocenters. The first-order valence-electron chi connectivity index (χ1n) is 15.9. The first-order valence-corrected chi connectivity index (χ1v) is 15.9. The van der Waals surface area contributed by atoms with Crippen molar-refractivity contribution >= 4 is 17.7 Å². The van der Waals surface area contributed by atoms with Gasteiger partial charge in [-0.25, -0.2) is 0 Å². The van der Waals surface area contributed by atoms with Gasteiger partial charge in [-0.3, -0.25) is 14.4 Å². The molecular weight excluding hydrogens is 550 g/mol. The van der Waals surface area contributed by atoms with Crippen LogP contribution >= 0.6 is 0 Å². The highest BCUT2D eigenvalue weighted by Crippen LogP contribution is 2.35.